The van der Waals surface area contributed by atoms with Crippen LogP contribution in [-0.4, -0.2) is 37.7 Å². The van der Waals surface area contributed by atoms with Gasteiger partial charge in [-0.15, -0.1) is 0 Å². The van der Waals surface area contributed by atoms with E-state index >= 15 is 0 Å². The number of hydrogen-bond acceptors (Lipinski definition) is 6. The summed E-state index contributed by atoms with van der Waals surface area (Å²) in [4.78, 5) is 23.5. The maximum Gasteiger partial charge on any atom is 0.293 e. The van der Waals surface area contributed by atoms with Crippen molar-refractivity contribution in [1.29, 1.82) is 0 Å². The molecule has 1 aliphatic rings. The van der Waals surface area contributed by atoms with Crippen molar-refractivity contribution in [3.63, 3.8) is 0 Å². The number of nitrogens with one attached hydrogen (secondary N) is 2. The molecule has 1 amide bonds. The largest absolute Gasteiger partial charge is 0.493 e. The van der Waals surface area contributed by atoms with Crippen LogP contribution in [-0.2, 0) is 4.74 Å². The van der Waals surface area contributed by atoms with Gasteiger partial charge >= 0.3 is 0 Å². The molecule has 142 valence electrons. The van der Waals surface area contributed by atoms with Crippen LogP contribution in [0.5, 0.6) is 5.75 Å². The van der Waals surface area contributed by atoms with Crippen LogP contribution in [0.25, 0.3) is 0 Å². The summed E-state index contributed by atoms with van der Waals surface area (Å²) in [7, 11) is 1.55. The lowest BCUT2D eigenvalue weighted by molar-refractivity contribution is -0.384. The Hall–Kier alpha value is -3.13. The first-order chi connectivity index (χ1) is 13.1. The first kappa shape index (κ1) is 18.7. The maximum absolute atomic E-state index is 12.7. The molecule has 0 aliphatic carbocycles. The van der Waals surface area contributed by atoms with Gasteiger partial charge in [-0.1, -0.05) is 18.2 Å². The van der Waals surface area contributed by atoms with Crippen LogP contribution >= 0.6 is 0 Å². The number of rotatable bonds is 7. The van der Waals surface area contributed by atoms with Gasteiger partial charge in [-0.3, -0.25) is 14.9 Å². The fraction of sp³-hybridized carbons (Fsp3) is 0.316. The number of fused-ring (bicyclic) bond motifs is 1. The highest BCUT2D eigenvalue weighted by atomic mass is 16.6. The first-order valence-electron chi connectivity index (χ1n) is 8.64. The third-order valence-electron chi connectivity index (χ3n) is 4.34. The summed E-state index contributed by atoms with van der Waals surface area (Å²) in [6.07, 6.45) is 0.640. The monoisotopic (exact) mass is 371 g/mol. The Kier molecular flexibility index (Phi) is 5.87. The van der Waals surface area contributed by atoms with Gasteiger partial charge in [0.25, 0.3) is 11.6 Å². The summed E-state index contributed by atoms with van der Waals surface area (Å²) >= 11 is 0. The zero-order chi connectivity index (χ0) is 19.2. The van der Waals surface area contributed by atoms with Gasteiger partial charge < -0.3 is 20.1 Å². The van der Waals surface area contributed by atoms with Gasteiger partial charge in [-0.25, -0.2) is 0 Å². The van der Waals surface area contributed by atoms with Crippen molar-refractivity contribution in [2.45, 2.75) is 12.5 Å². The smallest absolute Gasteiger partial charge is 0.293 e. The first-order valence-corrected chi connectivity index (χ1v) is 8.64. The fourth-order valence-electron chi connectivity index (χ4n) is 2.99. The Morgan fingerprint density at radius 1 is 1.33 bits per heavy atom. The molecule has 1 heterocycles. The predicted molar refractivity (Wildman–Crippen MR) is 100 cm³/mol. The fourth-order valence-corrected chi connectivity index (χ4v) is 2.99. The number of carbonyl (C=O) groups is 1. The van der Waals surface area contributed by atoms with Crippen LogP contribution in [0.3, 0.4) is 0 Å². The van der Waals surface area contributed by atoms with E-state index < -0.39 is 4.92 Å². The minimum Gasteiger partial charge on any atom is -0.493 e. The van der Waals surface area contributed by atoms with E-state index in [-0.39, 0.29) is 23.2 Å². The summed E-state index contributed by atoms with van der Waals surface area (Å²) in [6, 6.07) is 11.7. The Bertz CT molecular complexity index is 840. The SMILES string of the molecule is COCCNc1ccc(C(=O)NC2CCOc3ccccc32)cc1[N+](=O)[O-]. The van der Waals surface area contributed by atoms with Crippen LogP contribution in [0.2, 0.25) is 0 Å². The number of carbonyl (C=O) groups excluding carboxylic acids is 1. The molecular weight excluding hydrogens is 350 g/mol. The molecule has 2 aromatic carbocycles. The summed E-state index contributed by atoms with van der Waals surface area (Å²) < 4.78 is 10.5. The van der Waals surface area contributed by atoms with Gasteiger partial charge in [0.2, 0.25) is 0 Å². The van der Waals surface area contributed by atoms with E-state index in [2.05, 4.69) is 10.6 Å². The zero-order valence-electron chi connectivity index (χ0n) is 14.9. The molecule has 0 radical (unpaired) electrons. The molecule has 2 aromatic rings. The molecule has 3 rings (SSSR count). The normalized spacial score (nSPS) is 15.4. The highest BCUT2D eigenvalue weighted by Gasteiger charge is 2.24. The number of methoxy groups -OCH3 is 1. The Labute approximate surface area is 156 Å². The zero-order valence-corrected chi connectivity index (χ0v) is 14.9. The van der Waals surface area contributed by atoms with Crippen molar-refractivity contribution in [1.82, 2.24) is 5.32 Å². The molecule has 0 bridgehead atoms. The second kappa shape index (κ2) is 8.50. The minimum absolute atomic E-state index is 0.147. The van der Waals surface area contributed by atoms with Crippen molar-refractivity contribution in [3.8, 4) is 5.75 Å². The Morgan fingerprint density at radius 3 is 2.93 bits per heavy atom. The average Bonchev–Trinajstić information content (AvgIpc) is 2.68. The van der Waals surface area contributed by atoms with Crippen LogP contribution in [0.15, 0.2) is 42.5 Å². The summed E-state index contributed by atoms with van der Waals surface area (Å²) in [6.45, 7) is 1.36. The lowest BCUT2D eigenvalue weighted by Gasteiger charge is -2.26. The van der Waals surface area contributed by atoms with E-state index in [1.54, 1.807) is 19.2 Å². The topological polar surface area (TPSA) is 103 Å². The van der Waals surface area contributed by atoms with Crippen molar-refractivity contribution in [2.75, 3.05) is 32.2 Å². The molecule has 27 heavy (non-hydrogen) atoms. The predicted octanol–water partition coefficient (Wildman–Crippen LogP) is 2.91. The summed E-state index contributed by atoms with van der Waals surface area (Å²) in [5, 5.41) is 17.3. The van der Waals surface area contributed by atoms with Crippen LogP contribution in [0.4, 0.5) is 11.4 Å². The third kappa shape index (κ3) is 4.35. The highest BCUT2D eigenvalue weighted by Crippen LogP contribution is 2.32. The van der Waals surface area contributed by atoms with E-state index in [0.717, 1.165) is 11.3 Å². The second-order valence-corrected chi connectivity index (χ2v) is 6.11. The molecule has 1 aliphatic heterocycles. The average molecular weight is 371 g/mol. The number of ether oxygens (including phenoxy) is 2. The van der Waals surface area contributed by atoms with E-state index in [9.17, 15) is 14.9 Å². The van der Waals surface area contributed by atoms with Gasteiger partial charge in [0.05, 0.1) is 24.2 Å². The van der Waals surface area contributed by atoms with Gasteiger partial charge in [0.15, 0.2) is 0 Å². The van der Waals surface area contributed by atoms with E-state index in [4.69, 9.17) is 9.47 Å². The number of anilines is 1. The third-order valence-corrected chi connectivity index (χ3v) is 4.34. The number of nitro benzene ring substituents is 1. The van der Waals surface area contributed by atoms with Gasteiger partial charge in [0.1, 0.15) is 11.4 Å². The molecule has 0 saturated heterocycles. The lowest BCUT2D eigenvalue weighted by atomic mass is 10.00. The molecule has 0 saturated carbocycles. The van der Waals surface area contributed by atoms with E-state index in [1.807, 2.05) is 24.3 Å². The molecular formula is C19H21N3O5. The molecule has 0 aromatic heterocycles. The second-order valence-electron chi connectivity index (χ2n) is 6.11. The quantitative estimate of drug-likeness (QED) is 0.441. The molecule has 1 atom stereocenters. The van der Waals surface area contributed by atoms with Gasteiger partial charge in [-0.2, -0.15) is 0 Å². The Balaban J connectivity index is 1.77. The number of para-hydroxylation sites is 1. The van der Waals surface area contributed by atoms with Crippen molar-refractivity contribution in [3.05, 3.63) is 63.7 Å². The highest BCUT2D eigenvalue weighted by molar-refractivity contribution is 5.96. The van der Waals surface area contributed by atoms with E-state index in [1.165, 1.54) is 6.07 Å². The summed E-state index contributed by atoms with van der Waals surface area (Å²) in [5.41, 5.74) is 1.35. The molecule has 0 spiro atoms. The maximum atomic E-state index is 12.7. The Morgan fingerprint density at radius 2 is 2.15 bits per heavy atom. The summed E-state index contributed by atoms with van der Waals surface area (Å²) in [5.74, 6) is 0.390. The van der Waals surface area contributed by atoms with Gasteiger partial charge in [0, 0.05) is 37.3 Å². The van der Waals surface area contributed by atoms with E-state index in [0.29, 0.717) is 31.9 Å². The minimum atomic E-state index is -0.504. The van der Waals surface area contributed by atoms with Crippen LogP contribution in [0.1, 0.15) is 28.4 Å². The number of hydrogen-bond donors (Lipinski definition) is 2. The number of benzene rings is 2. The van der Waals surface area contributed by atoms with Crippen molar-refractivity contribution < 1.29 is 19.2 Å². The lowest BCUT2D eigenvalue weighted by Crippen LogP contribution is -2.32. The van der Waals surface area contributed by atoms with Gasteiger partial charge in [-0.05, 0) is 18.2 Å². The van der Waals surface area contributed by atoms with Crippen molar-refractivity contribution in [2.24, 2.45) is 0 Å². The molecule has 1 unspecified atom stereocenters. The van der Waals surface area contributed by atoms with Crippen LogP contribution in [0, 0.1) is 10.1 Å². The number of amides is 1. The van der Waals surface area contributed by atoms with Crippen molar-refractivity contribution >= 4 is 17.3 Å². The molecule has 8 nitrogen and oxygen atoms in total. The molecule has 2 N–H and O–H groups in total. The number of nitrogens with zero attached hydrogens (tertiary/aromatic N) is 1. The molecule has 0 fully saturated rings. The molecule has 8 heteroatoms. The standard InChI is InChI=1S/C19H21N3O5/c1-26-11-9-20-16-7-6-13(12-17(16)22(24)25)19(23)21-15-8-10-27-18-5-3-2-4-14(15)18/h2-7,12,15,20H,8-11H2,1H3,(H,21,23). The number of nitro groups is 1. The van der Waals surface area contributed by atoms with Crippen LogP contribution < -0.4 is 15.4 Å².